The Balaban J connectivity index is 0.000000197. The molecule has 59 heavy (non-hydrogen) atoms. The first-order valence-corrected chi connectivity index (χ1v) is 23.6. The molecule has 0 unspecified atom stereocenters. The Morgan fingerprint density at radius 3 is 2.10 bits per heavy atom. The minimum Gasteiger partial charge on any atom is -0.501 e. The SMILES string of the molecule is CC(C)Cc1cc(-c2[c-]cccc2)ncc1[Si](C)(C)C.[Ir].[c-]1ccc2c(oc3ccccc32)c1-c1nc2cc3ccccc3cc2n1-c1ccc(-c2ccccc2)cc1. The largest absolute Gasteiger partial charge is 0.501 e. The molecule has 10 aromatic rings. The van der Waals surface area contributed by atoms with Gasteiger partial charge in [-0.2, -0.15) is 0 Å². The number of rotatable bonds is 7. The standard InChI is InChI=1S/C35H21N2O.C18H24NSi.Ir/c1-2-9-23(10-3-1)24-17-19-27(20-18-24)37-32-22-26-12-5-4-11-25(26)21-31(32)36-35(37)30-15-8-14-29-28-13-6-7-16-33(28)38-34(29)30;1-14(2)11-16-12-17(15-9-7-6-8-10-15)19-13-18(16)20(3,4)5;/h1-14,16-22H;6-9,12-14H,11H2,1-5H3;/q2*-1;. The summed E-state index contributed by atoms with van der Waals surface area (Å²) in [5.41, 5.74) is 11.5. The zero-order chi connectivity index (χ0) is 39.8. The first kappa shape index (κ1) is 39.9. The van der Waals surface area contributed by atoms with Crippen LogP contribution in [-0.4, -0.2) is 22.6 Å². The van der Waals surface area contributed by atoms with E-state index < -0.39 is 8.07 Å². The van der Waals surface area contributed by atoms with Crippen molar-refractivity contribution in [1.29, 1.82) is 0 Å². The normalized spacial score (nSPS) is 11.6. The van der Waals surface area contributed by atoms with Gasteiger partial charge in [-0.05, 0) is 75.5 Å². The molecule has 0 saturated heterocycles. The van der Waals surface area contributed by atoms with Crippen molar-refractivity contribution in [1.82, 2.24) is 14.5 Å². The topological polar surface area (TPSA) is 43.9 Å². The number of imidazole rings is 1. The molecule has 0 bridgehead atoms. The van der Waals surface area contributed by atoms with Crippen molar-refractivity contribution in [3.63, 3.8) is 0 Å². The third kappa shape index (κ3) is 8.09. The Morgan fingerprint density at radius 2 is 1.37 bits per heavy atom. The molecule has 4 nitrogen and oxygen atoms in total. The fourth-order valence-electron chi connectivity index (χ4n) is 7.96. The van der Waals surface area contributed by atoms with Crippen LogP contribution in [0.15, 0.2) is 168 Å². The average Bonchev–Trinajstić information content (AvgIpc) is 3.81. The third-order valence-electron chi connectivity index (χ3n) is 10.7. The van der Waals surface area contributed by atoms with Gasteiger partial charge in [-0.25, -0.2) is 0 Å². The van der Waals surface area contributed by atoms with Crippen LogP contribution in [0.5, 0.6) is 0 Å². The molecular formula is C53H45IrN3OSi-2. The van der Waals surface area contributed by atoms with E-state index in [4.69, 9.17) is 9.40 Å². The quantitative estimate of drug-likeness (QED) is 0.118. The van der Waals surface area contributed by atoms with E-state index in [1.807, 2.05) is 48.5 Å². The van der Waals surface area contributed by atoms with E-state index in [9.17, 15) is 0 Å². The van der Waals surface area contributed by atoms with E-state index in [2.05, 4.69) is 171 Å². The van der Waals surface area contributed by atoms with E-state index in [1.54, 1.807) is 0 Å². The Hall–Kier alpha value is -5.91. The van der Waals surface area contributed by atoms with Gasteiger partial charge >= 0.3 is 0 Å². The first-order chi connectivity index (χ1) is 28.2. The molecule has 0 amide bonds. The smallest absolute Gasteiger partial charge is 0.120 e. The van der Waals surface area contributed by atoms with Gasteiger partial charge in [0.2, 0.25) is 0 Å². The van der Waals surface area contributed by atoms with Gasteiger partial charge in [-0.15, -0.1) is 54.1 Å². The van der Waals surface area contributed by atoms with Crippen molar-refractivity contribution in [2.75, 3.05) is 0 Å². The van der Waals surface area contributed by atoms with Crippen LogP contribution >= 0.6 is 0 Å². The molecule has 0 N–H and O–H groups in total. The number of aromatic nitrogens is 3. The number of hydrogen-bond acceptors (Lipinski definition) is 3. The van der Waals surface area contributed by atoms with Gasteiger partial charge in [-0.1, -0.05) is 141 Å². The predicted octanol–water partition coefficient (Wildman–Crippen LogP) is 13.5. The van der Waals surface area contributed by atoms with Crippen molar-refractivity contribution in [3.8, 4) is 39.5 Å². The monoisotopic (exact) mass is 960 g/mol. The molecule has 0 atom stereocenters. The summed E-state index contributed by atoms with van der Waals surface area (Å²) < 4.78 is 8.63. The van der Waals surface area contributed by atoms with Crippen molar-refractivity contribution < 1.29 is 24.5 Å². The van der Waals surface area contributed by atoms with Gasteiger partial charge in [0.1, 0.15) is 5.58 Å². The van der Waals surface area contributed by atoms with Gasteiger partial charge in [-0.3, -0.25) is 4.98 Å². The van der Waals surface area contributed by atoms with Crippen LogP contribution in [0.4, 0.5) is 0 Å². The second-order valence-corrected chi connectivity index (χ2v) is 21.5. The Kier molecular flexibility index (Phi) is 11.3. The van der Waals surface area contributed by atoms with Gasteiger partial charge in [0.25, 0.3) is 0 Å². The zero-order valence-corrected chi connectivity index (χ0v) is 37.4. The molecule has 0 spiro atoms. The van der Waals surface area contributed by atoms with Gasteiger partial charge < -0.3 is 14.0 Å². The van der Waals surface area contributed by atoms with Crippen molar-refractivity contribution in [3.05, 3.63) is 182 Å². The summed E-state index contributed by atoms with van der Waals surface area (Å²) in [7, 11) is -1.34. The maximum absolute atomic E-state index is 6.39. The second kappa shape index (κ2) is 16.7. The molecule has 1 radical (unpaired) electrons. The van der Waals surface area contributed by atoms with Crippen LogP contribution in [0.1, 0.15) is 19.4 Å². The molecule has 0 aliphatic heterocycles. The molecule has 0 fully saturated rings. The Morgan fingerprint density at radius 1 is 0.678 bits per heavy atom. The number of nitrogens with zero attached hydrogens (tertiary/aromatic N) is 3. The fourth-order valence-corrected chi connectivity index (χ4v) is 9.55. The number of para-hydroxylation sites is 1. The maximum Gasteiger partial charge on any atom is 0.120 e. The van der Waals surface area contributed by atoms with Crippen LogP contribution < -0.4 is 5.19 Å². The summed E-state index contributed by atoms with van der Waals surface area (Å²) in [6, 6.07) is 61.2. The molecule has 0 aliphatic carbocycles. The van der Waals surface area contributed by atoms with Crippen molar-refractivity contribution in [2.45, 2.75) is 39.9 Å². The number of fused-ring (bicyclic) bond motifs is 5. The average molecular weight is 960 g/mol. The molecule has 7 aromatic carbocycles. The molecule has 6 heteroatoms. The van der Waals surface area contributed by atoms with E-state index in [1.165, 1.54) is 32.6 Å². The number of furan rings is 1. The third-order valence-corrected chi connectivity index (χ3v) is 12.8. The van der Waals surface area contributed by atoms with E-state index >= 15 is 0 Å². The van der Waals surface area contributed by atoms with E-state index in [0.717, 1.165) is 67.7 Å². The predicted molar refractivity (Wildman–Crippen MR) is 246 cm³/mol. The van der Waals surface area contributed by atoms with Gasteiger partial charge in [0.05, 0.1) is 30.5 Å². The molecular weight excluding hydrogens is 915 g/mol. The number of hydrogen-bond donors (Lipinski definition) is 0. The van der Waals surface area contributed by atoms with Crippen LogP contribution in [-0.2, 0) is 26.5 Å². The van der Waals surface area contributed by atoms with Crippen LogP contribution in [0.25, 0.3) is 83.2 Å². The Bertz CT molecular complexity index is 3040. The minimum atomic E-state index is -1.34. The Labute approximate surface area is 361 Å². The molecule has 293 valence electrons. The van der Waals surface area contributed by atoms with Gasteiger partial charge in [0, 0.05) is 37.4 Å². The molecule has 0 aliphatic rings. The summed E-state index contributed by atoms with van der Waals surface area (Å²) in [4.78, 5) is 9.87. The molecule has 10 rings (SSSR count). The second-order valence-electron chi connectivity index (χ2n) is 16.4. The molecule has 0 saturated carbocycles. The summed E-state index contributed by atoms with van der Waals surface area (Å²) in [5.74, 6) is 1.48. The van der Waals surface area contributed by atoms with Crippen LogP contribution in [0.2, 0.25) is 19.6 Å². The fraction of sp³-hybridized carbons (Fsp3) is 0.132. The zero-order valence-electron chi connectivity index (χ0n) is 34.0. The van der Waals surface area contributed by atoms with Crippen molar-refractivity contribution in [2.24, 2.45) is 5.92 Å². The minimum absolute atomic E-state index is 0. The number of benzene rings is 7. The van der Waals surface area contributed by atoms with E-state index in [-0.39, 0.29) is 20.1 Å². The molecule has 3 aromatic heterocycles. The summed E-state index contributed by atoms with van der Waals surface area (Å²) in [6.45, 7) is 11.7. The summed E-state index contributed by atoms with van der Waals surface area (Å²) >= 11 is 0. The van der Waals surface area contributed by atoms with Crippen LogP contribution in [0.3, 0.4) is 0 Å². The number of pyridine rings is 1. The van der Waals surface area contributed by atoms with Crippen LogP contribution in [0, 0.1) is 18.1 Å². The summed E-state index contributed by atoms with van der Waals surface area (Å²) in [6.07, 6.45) is 3.24. The van der Waals surface area contributed by atoms with E-state index in [0.29, 0.717) is 5.92 Å². The maximum atomic E-state index is 6.39. The van der Waals surface area contributed by atoms with Crippen molar-refractivity contribution >= 4 is 57.0 Å². The first-order valence-electron chi connectivity index (χ1n) is 20.1. The summed E-state index contributed by atoms with van der Waals surface area (Å²) in [5, 5.41) is 6.00. The molecule has 3 heterocycles. The van der Waals surface area contributed by atoms with Gasteiger partial charge in [0.15, 0.2) is 0 Å².